The summed E-state index contributed by atoms with van der Waals surface area (Å²) in [7, 11) is 1.58. The average molecular weight is 281 g/mol. The number of nitrogen functional groups attached to an aromatic ring is 1. The van der Waals surface area contributed by atoms with Gasteiger partial charge in [0, 0.05) is 0 Å². The second-order valence-electron chi connectivity index (χ2n) is 4.49. The van der Waals surface area contributed by atoms with Gasteiger partial charge in [-0.05, 0) is 35.9 Å². The molecule has 0 aliphatic heterocycles. The van der Waals surface area contributed by atoms with Crippen LogP contribution in [0.25, 0.3) is 0 Å². The summed E-state index contributed by atoms with van der Waals surface area (Å²) in [5.41, 5.74) is 7.97. The van der Waals surface area contributed by atoms with Crippen LogP contribution in [0.15, 0.2) is 42.5 Å². The predicted molar refractivity (Wildman–Crippen MR) is 80.9 cm³/mol. The number of nitrogens with one attached hydrogen (secondary N) is 1. The van der Waals surface area contributed by atoms with Crippen molar-refractivity contribution in [1.82, 2.24) is 0 Å². The van der Waals surface area contributed by atoms with E-state index in [0.29, 0.717) is 22.7 Å². The lowest BCUT2D eigenvalue weighted by atomic mass is 10.1. The number of anilines is 2. The van der Waals surface area contributed by atoms with Crippen molar-refractivity contribution in [2.45, 2.75) is 6.42 Å². The molecule has 2 aromatic rings. The molecule has 0 radical (unpaired) electrons. The number of benzene rings is 2. The van der Waals surface area contributed by atoms with Gasteiger partial charge < -0.3 is 15.8 Å². The Morgan fingerprint density at radius 3 is 2.81 bits per heavy atom. The number of amides is 1. The molecule has 0 aromatic heterocycles. The Morgan fingerprint density at radius 1 is 1.33 bits per heavy atom. The van der Waals surface area contributed by atoms with Crippen LogP contribution < -0.4 is 15.8 Å². The molecule has 0 aliphatic carbocycles. The van der Waals surface area contributed by atoms with E-state index in [1.165, 1.54) is 6.07 Å². The molecule has 0 aliphatic rings. The van der Waals surface area contributed by atoms with Gasteiger partial charge in [-0.1, -0.05) is 12.1 Å². The Labute approximate surface area is 123 Å². The van der Waals surface area contributed by atoms with Gasteiger partial charge in [0.1, 0.15) is 5.75 Å². The fraction of sp³-hybridized carbons (Fsp3) is 0.125. The van der Waals surface area contributed by atoms with E-state index in [9.17, 15) is 4.79 Å². The molecule has 0 heterocycles. The summed E-state index contributed by atoms with van der Waals surface area (Å²) in [6.07, 6.45) is 0.219. The molecule has 0 bridgehead atoms. The van der Waals surface area contributed by atoms with E-state index in [2.05, 4.69) is 5.32 Å². The molecule has 2 rings (SSSR count). The highest BCUT2D eigenvalue weighted by Gasteiger charge is 2.07. The van der Waals surface area contributed by atoms with Crippen molar-refractivity contribution in [1.29, 1.82) is 5.26 Å². The molecule has 1 amide bonds. The molecule has 0 fully saturated rings. The number of nitriles is 1. The van der Waals surface area contributed by atoms with Crippen molar-refractivity contribution in [2.24, 2.45) is 0 Å². The van der Waals surface area contributed by atoms with E-state index < -0.39 is 0 Å². The number of rotatable bonds is 4. The van der Waals surface area contributed by atoms with Gasteiger partial charge in [-0.25, -0.2) is 0 Å². The van der Waals surface area contributed by atoms with Crippen molar-refractivity contribution in [3.05, 3.63) is 53.6 Å². The fourth-order valence-electron chi connectivity index (χ4n) is 1.91. The van der Waals surface area contributed by atoms with Crippen molar-refractivity contribution in [3.63, 3.8) is 0 Å². The number of nitrogens with two attached hydrogens (primary N) is 1. The third-order valence-corrected chi connectivity index (χ3v) is 2.95. The van der Waals surface area contributed by atoms with Crippen LogP contribution in [0.1, 0.15) is 11.1 Å². The lowest BCUT2D eigenvalue weighted by molar-refractivity contribution is -0.115. The molecule has 106 valence electrons. The van der Waals surface area contributed by atoms with E-state index in [1.807, 2.05) is 30.3 Å². The lowest BCUT2D eigenvalue weighted by Crippen LogP contribution is -2.15. The van der Waals surface area contributed by atoms with Gasteiger partial charge in [0.25, 0.3) is 0 Å². The Morgan fingerprint density at radius 2 is 2.14 bits per heavy atom. The molecule has 2 aromatic carbocycles. The number of hydrogen-bond acceptors (Lipinski definition) is 4. The van der Waals surface area contributed by atoms with Crippen molar-refractivity contribution >= 4 is 17.3 Å². The van der Waals surface area contributed by atoms with Crippen LogP contribution in [0.4, 0.5) is 11.4 Å². The van der Waals surface area contributed by atoms with Gasteiger partial charge in [0.05, 0.1) is 36.5 Å². The molecular weight excluding hydrogens is 266 g/mol. The standard InChI is InChI=1S/C16H15N3O2/c1-21-13-4-2-3-11(7-13)9-16(20)19-15-6-5-12(10-17)8-14(15)18/h2-8H,9,18H2,1H3,(H,19,20). The summed E-state index contributed by atoms with van der Waals surface area (Å²) < 4.78 is 5.12. The largest absolute Gasteiger partial charge is 0.497 e. The number of nitrogens with zero attached hydrogens (tertiary/aromatic N) is 1. The summed E-state index contributed by atoms with van der Waals surface area (Å²) in [4.78, 5) is 12.0. The third kappa shape index (κ3) is 3.74. The smallest absolute Gasteiger partial charge is 0.228 e. The van der Waals surface area contributed by atoms with Crippen LogP contribution in [0.2, 0.25) is 0 Å². The highest BCUT2D eigenvalue weighted by Crippen LogP contribution is 2.20. The SMILES string of the molecule is COc1cccc(CC(=O)Nc2ccc(C#N)cc2N)c1. The maximum atomic E-state index is 12.0. The lowest BCUT2D eigenvalue weighted by Gasteiger charge is -2.09. The van der Waals surface area contributed by atoms with Crippen LogP contribution in [-0.4, -0.2) is 13.0 Å². The molecule has 0 saturated heterocycles. The first kappa shape index (κ1) is 14.4. The molecule has 0 saturated carbocycles. The zero-order valence-corrected chi connectivity index (χ0v) is 11.6. The molecule has 0 atom stereocenters. The fourth-order valence-corrected chi connectivity index (χ4v) is 1.91. The van der Waals surface area contributed by atoms with E-state index in [-0.39, 0.29) is 12.3 Å². The minimum atomic E-state index is -0.181. The summed E-state index contributed by atoms with van der Waals surface area (Å²) in [5, 5.41) is 11.5. The van der Waals surface area contributed by atoms with Crippen molar-refractivity contribution < 1.29 is 9.53 Å². The number of carbonyl (C=O) groups is 1. The molecule has 0 unspecified atom stereocenters. The van der Waals surface area contributed by atoms with E-state index in [0.717, 1.165) is 5.56 Å². The summed E-state index contributed by atoms with van der Waals surface area (Å²) in [6.45, 7) is 0. The predicted octanol–water partition coefficient (Wildman–Crippen LogP) is 2.33. The number of methoxy groups -OCH3 is 1. The van der Waals surface area contributed by atoms with E-state index in [4.69, 9.17) is 15.7 Å². The van der Waals surface area contributed by atoms with Gasteiger partial charge in [-0.3, -0.25) is 4.79 Å². The van der Waals surface area contributed by atoms with Crippen molar-refractivity contribution in [2.75, 3.05) is 18.2 Å². The summed E-state index contributed by atoms with van der Waals surface area (Å²) in [5.74, 6) is 0.526. The Balaban J connectivity index is 2.06. The zero-order chi connectivity index (χ0) is 15.2. The second kappa shape index (κ2) is 6.44. The number of hydrogen-bond donors (Lipinski definition) is 2. The quantitative estimate of drug-likeness (QED) is 0.842. The maximum absolute atomic E-state index is 12.0. The molecular formula is C16H15N3O2. The zero-order valence-electron chi connectivity index (χ0n) is 11.6. The summed E-state index contributed by atoms with van der Waals surface area (Å²) >= 11 is 0. The highest BCUT2D eigenvalue weighted by molar-refractivity contribution is 5.95. The van der Waals surface area contributed by atoms with Crippen molar-refractivity contribution in [3.8, 4) is 11.8 Å². The number of ether oxygens (including phenoxy) is 1. The maximum Gasteiger partial charge on any atom is 0.228 e. The topological polar surface area (TPSA) is 88.1 Å². The normalized spacial score (nSPS) is 9.71. The van der Waals surface area contributed by atoms with Crippen LogP contribution in [0.5, 0.6) is 5.75 Å². The third-order valence-electron chi connectivity index (χ3n) is 2.95. The second-order valence-corrected chi connectivity index (χ2v) is 4.49. The average Bonchev–Trinajstić information content (AvgIpc) is 2.49. The Hall–Kier alpha value is -3.00. The molecule has 0 spiro atoms. The Bertz CT molecular complexity index is 705. The van der Waals surface area contributed by atoms with Crippen LogP contribution >= 0.6 is 0 Å². The first-order valence-corrected chi connectivity index (χ1v) is 6.35. The van der Waals surface area contributed by atoms with Gasteiger partial charge in [0.15, 0.2) is 0 Å². The molecule has 5 heteroatoms. The van der Waals surface area contributed by atoms with Crippen LogP contribution in [0.3, 0.4) is 0 Å². The van der Waals surface area contributed by atoms with Gasteiger partial charge in [-0.2, -0.15) is 5.26 Å². The van der Waals surface area contributed by atoms with Crippen LogP contribution in [0, 0.1) is 11.3 Å². The monoisotopic (exact) mass is 281 g/mol. The first-order chi connectivity index (χ1) is 10.1. The Kier molecular flexibility index (Phi) is 4.42. The van der Waals surface area contributed by atoms with Gasteiger partial charge in [-0.15, -0.1) is 0 Å². The molecule has 5 nitrogen and oxygen atoms in total. The molecule has 21 heavy (non-hydrogen) atoms. The van der Waals surface area contributed by atoms with E-state index in [1.54, 1.807) is 19.2 Å². The minimum absolute atomic E-state index is 0.181. The summed E-state index contributed by atoms with van der Waals surface area (Å²) in [6, 6.07) is 14.1. The molecule has 3 N–H and O–H groups in total. The van der Waals surface area contributed by atoms with E-state index >= 15 is 0 Å². The van der Waals surface area contributed by atoms with Crippen LogP contribution in [-0.2, 0) is 11.2 Å². The first-order valence-electron chi connectivity index (χ1n) is 6.35. The highest BCUT2D eigenvalue weighted by atomic mass is 16.5. The van der Waals surface area contributed by atoms with Gasteiger partial charge >= 0.3 is 0 Å². The minimum Gasteiger partial charge on any atom is -0.497 e. The van der Waals surface area contributed by atoms with Gasteiger partial charge in [0.2, 0.25) is 5.91 Å². The number of carbonyl (C=O) groups excluding carboxylic acids is 1.